The molecule has 1 N–H and O–H groups in total. The Morgan fingerprint density at radius 2 is 1.91 bits per heavy atom. The molecule has 3 nitrogen and oxygen atoms in total. The molecule has 1 aliphatic heterocycles. The maximum atomic E-state index is 8.89. The van der Waals surface area contributed by atoms with E-state index < -0.39 is 5.79 Å². The zero-order valence-electron chi connectivity index (χ0n) is 6.71. The lowest BCUT2D eigenvalue weighted by molar-refractivity contribution is -0.147. The zero-order valence-corrected chi connectivity index (χ0v) is 8.87. The third kappa shape index (κ3) is 2.27. The molecule has 0 bridgehead atoms. The number of hydrogen-bond donors (Lipinski definition) is 1. The molecule has 0 amide bonds. The van der Waals surface area contributed by atoms with Gasteiger partial charge >= 0.3 is 0 Å². The van der Waals surface area contributed by atoms with Gasteiger partial charge in [-0.15, -0.1) is 0 Å². The fraction of sp³-hybridized carbons (Fsp3) is 1.00. The highest BCUT2D eigenvalue weighted by atomic mass is 127. The molecule has 0 aromatic heterocycles. The monoisotopic (exact) mass is 272 g/mol. The molecular formula is C7H13IO3. The summed E-state index contributed by atoms with van der Waals surface area (Å²) in [5, 5.41) is 8.89. The van der Waals surface area contributed by atoms with Gasteiger partial charge in [-0.25, -0.2) is 0 Å². The van der Waals surface area contributed by atoms with Crippen molar-refractivity contribution in [1.82, 2.24) is 0 Å². The number of rotatable bonds is 2. The van der Waals surface area contributed by atoms with Crippen molar-refractivity contribution in [3.63, 3.8) is 0 Å². The third-order valence-electron chi connectivity index (χ3n) is 1.62. The van der Waals surface area contributed by atoms with Crippen molar-refractivity contribution < 1.29 is 14.6 Å². The van der Waals surface area contributed by atoms with Crippen LogP contribution < -0.4 is 0 Å². The van der Waals surface area contributed by atoms with Gasteiger partial charge in [0.1, 0.15) is 6.10 Å². The van der Waals surface area contributed by atoms with Gasteiger partial charge in [0.05, 0.1) is 12.7 Å². The first-order chi connectivity index (χ1) is 5.09. The minimum Gasteiger partial charge on any atom is -0.394 e. The van der Waals surface area contributed by atoms with Crippen LogP contribution in [0.4, 0.5) is 0 Å². The predicted octanol–water partition coefficient (Wildman–Crippen LogP) is 0.934. The Hall–Kier alpha value is 0.610. The largest absolute Gasteiger partial charge is 0.394 e. The molecule has 0 aromatic rings. The molecule has 2 atom stereocenters. The van der Waals surface area contributed by atoms with Gasteiger partial charge in [-0.2, -0.15) is 0 Å². The van der Waals surface area contributed by atoms with Crippen molar-refractivity contribution in [2.75, 3.05) is 11.0 Å². The second kappa shape index (κ2) is 3.55. The van der Waals surface area contributed by atoms with E-state index in [4.69, 9.17) is 14.6 Å². The van der Waals surface area contributed by atoms with Crippen LogP contribution >= 0.6 is 22.6 Å². The molecular weight excluding hydrogens is 259 g/mol. The number of aliphatic hydroxyl groups is 1. The summed E-state index contributed by atoms with van der Waals surface area (Å²) in [5.74, 6) is -0.525. The van der Waals surface area contributed by atoms with Crippen LogP contribution in [0.15, 0.2) is 0 Å². The van der Waals surface area contributed by atoms with Crippen LogP contribution in [0.5, 0.6) is 0 Å². The minimum absolute atomic E-state index is 0.0376. The van der Waals surface area contributed by atoms with Crippen molar-refractivity contribution in [1.29, 1.82) is 0 Å². The van der Waals surface area contributed by atoms with Crippen molar-refractivity contribution in [2.24, 2.45) is 0 Å². The summed E-state index contributed by atoms with van der Waals surface area (Å²) in [5.41, 5.74) is 0. The van der Waals surface area contributed by atoms with E-state index in [-0.39, 0.29) is 18.8 Å². The molecule has 1 rings (SSSR count). The molecule has 0 spiro atoms. The van der Waals surface area contributed by atoms with Crippen molar-refractivity contribution >= 4 is 22.6 Å². The Balaban J connectivity index is 2.55. The van der Waals surface area contributed by atoms with E-state index in [1.54, 1.807) is 0 Å². The first-order valence-corrected chi connectivity index (χ1v) is 5.14. The first-order valence-electron chi connectivity index (χ1n) is 3.61. The van der Waals surface area contributed by atoms with Gasteiger partial charge in [-0.3, -0.25) is 0 Å². The van der Waals surface area contributed by atoms with E-state index in [1.165, 1.54) is 0 Å². The van der Waals surface area contributed by atoms with E-state index in [0.717, 1.165) is 4.43 Å². The van der Waals surface area contributed by atoms with Crippen LogP contribution in [0.1, 0.15) is 13.8 Å². The maximum absolute atomic E-state index is 8.89. The molecule has 1 fully saturated rings. The van der Waals surface area contributed by atoms with E-state index in [1.807, 2.05) is 13.8 Å². The Bertz CT molecular complexity index is 124. The van der Waals surface area contributed by atoms with Crippen LogP contribution in [-0.4, -0.2) is 34.1 Å². The smallest absolute Gasteiger partial charge is 0.163 e. The lowest BCUT2D eigenvalue weighted by Crippen LogP contribution is -2.27. The Morgan fingerprint density at radius 3 is 2.27 bits per heavy atom. The van der Waals surface area contributed by atoms with Crippen LogP contribution in [0.25, 0.3) is 0 Å². The average molecular weight is 272 g/mol. The van der Waals surface area contributed by atoms with E-state index in [9.17, 15) is 0 Å². The second-order valence-electron chi connectivity index (χ2n) is 3.05. The average Bonchev–Trinajstić information content (AvgIpc) is 2.25. The second-order valence-corrected chi connectivity index (χ2v) is 3.93. The summed E-state index contributed by atoms with van der Waals surface area (Å²) in [7, 11) is 0. The fourth-order valence-electron chi connectivity index (χ4n) is 1.19. The Labute approximate surface area is 80.2 Å². The highest BCUT2D eigenvalue weighted by molar-refractivity contribution is 14.1. The standard InChI is InChI=1S/C7H13IO3/c1-7(2)10-5(3-8)6(4-9)11-7/h5-6,9H,3-4H2,1-2H3/t5-,6-/m0/s1. The maximum Gasteiger partial charge on any atom is 0.163 e. The molecule has 0 radical (unpaired) electrons. The third-order valence-corrected chi connectivity index (χ3v) is 2.49. The zero-order chi connectivity index (χ0) is 8.48. The molecule has 4 heteroatoms. The van der Waals surface area contributed by atoms with Gasteiger partial charge in [-0.1, -0.05) is 22.6 Å². The molecule has 0 saturated carbocycles. The molecule has 66 valence electrons. The van der Waals surface area contributed by atoms with E-state index in [2.05, 4.69) is 22.6 Å². The summed E-state index contributed by atoms with van der Waals surface area (Å²) < 4.78 is 11.8. The minimum atomic E-state index is -0.525. The summed E-state index contributed by atoms with van der Waals surface area (Å²) >= 11 is 2.23. The molecule has 0 aromatic carbocycles. The lowest BCUT2D eigenvalue weighted by atomic mass is 10.2. The molecule has 1 aliphatic rings. The highest BCUT2D eigenvalue weighted by Gasteiger charge is 2.39. The summed E-state index contributed by atoms with van der Waals surface area (Å²) in [6, 6.07) is 0. The highest BCUT2D eigenvalue weighted by Crippen LogP contribution is 2.28. The number of ether oxygens (including phenoxy) is 2. The normalized spacial score (nSPS) is 36.0. The van der Waals surface area contributed by atoms with Gasteiger partial charge in [-0.05, 0) is 13.8 Å². The first kappa shape index (κ1) is 9.70. The van der Waals surface area contributed by atoms with Crippen LogP contribution in [0, 0.1) is 0 Å². The summed E-state index contributed by atoms with van der Waals surface area (Å²) in [6.07, 6.45) is -0.113. The molecule has 1 heterocycles. The van der Waals surface area contributed by atoms with Crippen LogP contribution in [0.2, 0.25) is 0 Å². The molecule has 1 saturated heterocycles. The quantitative estimate of drug-likeness (QED) is 0.600. The molecule has 0 unspecified atom stereocenters. The van der Waals surface area contributed by atoms with Crippen LogP contribution in [-0.2, 0) is 9.47 Å². The molecule has 0 aliphatic carbocycles. The Kier molecular flexibility index (Phi) is 3.13. The summed E-state index contributed by atoms with van der Waals surface area (Å²) in [6.45, 7) is 3.76. The van der Waals surface area contributed by atoms with Gasteiger partial charge in [0.15, 0.2) is 5.79 Å². The number of alkyl halides is 1. The predicted molar refractivity (Wildman–Crippen MR) is 49.8 cm³/mol. The topological polar surface area (TPSA) is 38.7 Å². The SMILES string of the molecule is CC1(C)O[C@@H](CO)[C@H](CI)O1. The summed E-state index contributed by atoms with van der Waals surface area (Å²) in [4.78, 5) is 0. The van der Waals surface area contributed by atoms with E-state index in [0.29, 0.717) is 0 Å². The van der Waals surface area contributed by atoms with E-state index >= 15 is 0 Å². The molecule has 11 heavy (non-hydrogen) atoms. The van der Waals surface area contributed by atoms with Gasteiger partial charge in [0, 0.05) is 4.43 Å². The number of hydrogen-bond acceptors (Lipinski definition) is 3. The fourth-order valence-corrected chi connectivity index (χ4v) is 1.94. The van der Waals surface area contributed by atoms with Gasteiger partial charge in [0.25, 0.3) is 0 Å². The number of aliphatic hydroxyl groups excluding tert-OH is 1. The lowest BCUT2D eigenvalue weighted by Gasteiger charge is -2.16. The van der Waals surface area contributed by atoms with Gasteiger partial charge < -0.3 is 14.6 Å². The van der Waals surface area contributed by atoms with Gasteiger partial charge in [0.2, 0.25) is 0 Å². The van der Waals surface area contributed by atoms with Crippen molar-refractivity contribution in [3.05, 3.63) is 0 Å². The number of halogens is 1. The van der Waals surface area contributed by atoms with Crippen LogP contribution in [0.3, 0.4) is 0 Å². The Morgan fingerprint density at radius 1 is 1.36 bits per heavy atom. The van der Waals surface area contributed by atoms with Crippen molar-refractivity contribution in [3.8, 4) is 0 Å². The van der Waals surface area contributed by atoms with Crippen molar-refractivity contribution in [2.45, 2.75) is 31.8 Å².